The van der Waals surface area contributed by atoms with Gasteiger partial charge >= 0.3 is 0 Å². The van der Waals surface area contributed by atoms with Gasteiger partial charge in [0, 0.05) is 25.0 Å². The van der Waals surface area contributed by atoms with Crippen molar-refractivity contribution >= 4 is 23.4 Å². The second-order valence-corrected chi connectivity index (χ2v) is 7.23. The average Bonchev–Trinajstić information content (AvgIpc) is 2.85. The summed E-state index contributed by atoms with van der Waals surface area (Å²) in [6.45, 7) is 9.64. The molecule has 0 saturated heterocycles. The second kappa shape index (κ2) is 9.06. The summed E-state index contributed by atoms with van der Waals surface area (Å²) in [5.41, 5.74) is 4.14. The fourth-order valence-corrected chi connectivity index (χ4v) is 3.53. The third kappa shape index (κ3) is 5.09. The zero-order chi connectivity index (χ0) is 18.4. The highest BCUT2D eigenvalue weighted by Crippen LogP contribution is 2.25. The van der Waals surface area contributed by atoms with Crippen molar-refractivity contribution in [3.63, 3.8) is 0 Å². The molecule has 6 heteroatoms. The van der Waals surface area contributed by atoms with Crippen LogP contribution in [0.1, 0.15) is 36.7 Å². The van der Waals surface area contributed by atoms with Crippen LogP contribution in [0.3, 0.4) is 0 Å². The Labute approximate surface area is 154 Å². The van der Waals surface area contributed by atoms with Crippen molar-refractivity contribution in [3.8, 4) is 0 Å². The maximum atomic E-state index is 12.4. The zero-order valence-corrected chi connectivity index (χ0v) is 16.4. The van der Waals surface area contributed by atoms with Crippen LogP contribution in [0.25, 0.3) is 0 Å². The predicted molar refractivity (Wildman–Crippen MR) is 103 cm³/mol. The average molecular weight is 362 g/mol. The summed E-state index contributed by atoms with van der Waals surface area (Å²) in [6.07, 6.45) is 0. The van der Waals surface area contributed by atoms with E-state index in [0.29, 0.717) is 18.3 Å². The Morgan fingerprint density at radius 1 is 1.32 bits per heavy atom. The van der Waals surface area contributed by atoms with E-state index in [1.165, 1.54) is 11.8 Å². The van der Waals surface area contributed by atoms with Crippen LogP contribution < -0.4 is 5.32 Å². The van der Waals surface area contributed by atoms with Crippen LogP contribution >= 0.6 is 11.8 Å². The molecule has 25 heavy (non-hydrogen) atoms. The molecule has 0 unspecified atom stereocenters. The Morgan fingerprint density at radius 3 is 2.72 bits per heavy atom. The number of nitrogens with zero attached hydrogens (tertiary/aromatic N) is 2. The number of aromatic nitrogens is 2. The summed E-state index contributed by atoms with van der Waals surface area (Å²) in [5.74, 6) is 0.673. The molecule has 0 atom stereocenters. The van der Waals surface area contributed by atoms with Crippen molar-refractivity contribution in [3.05, 3.63) is 41.2 Å². The number of imidazole rings is 1. The maximum absolute atomic E-state index is 12.4. The van der Waals surface area contributed by atoms with E-state index in [1.807, 2.05) is 32.0 Å². The molecule has 0 aliphatic carbocycles. The Morgan fingerprint density at radius 2 is 2.04 bits per heavy atom. The minimum Gasteiger partial charge on any atom is -0.383 e. The third-order valence-corrected chi connectivity index (χ3v) is 5.11. The summed E-state index contributed by atoms with van der Waals surface area (Å²) in [7, 11) is 1.69. The molecule has 0 radical (unpaired) electrons. The lowest BCUT2D eigenvalue weighted by Crippen LogP contribution is -2.16. The van der Waals surface area contributed by atoms with Crippen LogP contribution in [0.15, 0.2) is 29.4 Å². The van der Waals surface area contributed by atoms with Crippen molar-refractivity contribution in [1.29, 1.82) is 0 Å². The number of benzene rings is 1. The van der Waals surface area contributed by atoms with Gasteiger partial charge in [-0.25, -0.2) is 4.98 Å². The van der Waals surface area contributed by atoms with Crippen molar-refractivity contribution < 1.29 is 9.53 Å². The Balaban J connectivity index is 2.02. The predicted octanol–water partition coefficient (Wildman–Crippen LogP) is 4.00. The number of rotatable bonds is 8. The largest absolute Gasteiger partial charge is 0.383 e. The van der Waals surface area contributed by atoms with E-state index in [-0.39, 0.29) is 5.91 Å². The van der Waals surface area contributed by atoms with Gasteiger partial charge in [0.2, 0.25) is 5.91 Å². The number of ether oxygens (including phenoxy) is 1. The smallest absolute Gasteiger partial charge is 0.234 e. The molecule has 1 aromatic heterocycles. The van der Waals surface area contributed by atoms with Gasteiger partial charge in [-0.05, 0) is 31.4 Å². The molecule has 0 saturated carbocycles. The molecule has 2 rings (SSSR count). The number of nitrogens with one attached hydrogen (secondary N) is 1. The van der Waals surface area contributed by atoms with Crippen LogP contribution in [0.4, 0.5) is 5.69 Å². The molecule has 1 heterocycles. The van der Waals surface area contributed by atoms with Crippen LogP contribution in [0.5, 0.6) is 0 Å². The second-order valence-electron chi connectivity index (χ2n) is 6.29. The standard InChI is InChI=1S/C19H27N3O2S/c1-13(2)16-8-6-7-9-17(16)21-18(23)12-25-19-20-14(3)15(4)22(19)10-11-24-5/h6-9,13H,10-12H2,1-5H3,(H,21,23). The highest BCUT2D eigenvalue weighted by Gasteiger charge is 2.14. The van der Waals surface area contributed by atoms with Crippen LogP contribution in [0, 0.1) is 13.8 Å². The number of methoxy groups -OCH3 is 1. The van der Waals surface area contributed by atoms with E-state index in [0.717, 1.165) is 34.3 Å². The number of amides is 1. The van der Waals surface area contributed by atoms with Crippen LogP contribution in [-0.2, 0) is 16.1 Å². The van der Waals surface area contributed by atoms with E-state index in [2.05, 4.69) is 34.8 Å². The van der Waals surface area contributed by atoms with Crippen molar-refractivity contribution in [1.82, 2.24) is 9.55 Å². The maximum Gasteiger partial charge on any atom is 0.234 e. The molecule has 5 nitrogen and oxygen atoms in total. The molecule has 0 bridgehead atoms. The molecular weight excluding hydrogens is 334 g/mol. The minimum absolute atomic E-state index is 0.0188. The zero-order valence-electron chi connectivity index (χ0n) is 15.6. The fraction of sp³-hybridized carbons (Fsp3) is 0.474. The normalized spacial score (nSPS) is 11.1. The van der Waals surface area contributed by atoms with Crippen molar-refractivity contribution in [2.75, 3.05) is 24.8 Å². The SMILES string of the molecule is COCCn1c(SCC(=O)Nc2ccccc2C(C)C)nc(C)c1C. The topological polar surface area (TPSA) is 56.1 Å². The quantitative estimate of drug-likeness (QED) is 0.722. The lowest BCUT2D eigenvalue weighted by Gasteiger charge is -2.13. The van der Waals surface area contributed by atoms with Crippen molar-refractivity contribution in [2.24, 2.45) is 0 Å². The molecule has 0 spiro atoms. The van der Waals surface area contributed by atoms with E-state index in [9.17, 15) is 4.79 Å². The van der Waals surface area contributed by atoms with Gasteiger partial charge in [0.1, 0.15) is 0 Å². The number of carbonyl (C=O) groups excluding carboxylic acids is 1. The lowest BCUT2D eigenvalue weighted by molar-refractivity contribution is -0.113. The van der Waals surface area contributed by atoms with Gasteiger partial charge in [0.25, 0.3) is 0 Å². The first-order valence-corrected chi connectivity index (χ1v) is 9.46. The Bertz CT molecular complexity index is 725. The highest BCUT2D eigenvalue weighted by atomic mass is 32.2. The molecule has 0 aliphatic heterocycles. The number of carbonyl (C=O) groups is 1. The number of thioether (sulfide) groups is 1. The molecular formula is C19H27N3O2S. The molecule has 0 fully saturated rings. The van der Waals surface area contributed by atoms with E-state index >= 15 is 0 Å². The van der Waals surface area contributed by atoms with Gasteiger partial charge in [-0.15, -0.1) is 0 Å². The first kappa shape index (κ1) is 19.5. The monoisotopic (exact) mass is 361 g/mol. The summed E-state index contributed by atoms with van der Waals surface area (Å²) in [4.78, 5) is 17.0. The van der Waals surface area contributed by atoms with Gasteiger partial charge in [-0.1, -0.05) is 43.8 Å². The number of hydrogen-bond acceptors (Lipinski definition) is 4. The number of hydrogen-bond donors (Lipinski definition) is 1. The molecule has 1 N–H and O–H groups in total. The minimum atomic E-state index is -0.0188. The van der Waals surface area contributed by atoms with E-state index in [1.54, 1.807) is 7.11 Å². The first-order chi connectivity index (χ1) is 11.9. The number of aryl methyl sites for hydroxylation is 1. The highest BCUT2D eigenvalue weighted by molar-refractivity contribution is 7.99. The van der Waals surface area contributed by atoms with Gasteiger partial charge in [0.15, 0.2) is 5.16 Å². The molecule has 2 aromatic rings. The van der Waals surface area contributed by atoms with Gasteiger partial charge in [-0.2, -0.15) is 0 Å². The molecule has 0 aliphatic rings. The molecule has 1 aromatic carbocycles. The van der Waals surface area contributed by atoms with Crippen LogP contribution in [-0.4, -0.2) is 34.9 Å². The Hall–Kier alpha value is -1.79. The Kier molecular flexibility index (Phi) is 7.08. The van der Waals surface area contributed by atoms with E-state index in [4.69, 9.17) is 4.74 Å². The summed E-state index contributed by atoms with van der Waals surface area (Å²) < 4.78 is 7.28. The van der Waals surface area contributed by atoms with Crippen LogP contribution in [0.2, 0.25) is 0 Å². The van der Waals surface area contributed by atoms with Crippen molar-refractivity contribution in [2.45, 2.75) is 45.3 Å². The molecule has 1 amide bonds. The summed E-state index contributed by atoms with van der Waals surface area (Å²) in [6, 6.07) is 7.94. The summed E-state index contributed by atoms with van der Waals surface area (Å²) in [5, 5.41) is 3.89. The van der Waals surface area contributed by atoms with Gasteiger partial charge < -0.3 is 14.6 Å². The lowest BCUT2D eigenvalue weighted by atomic mass is 10.0. The summed E-state index contributed by atoms with van der Waals surface area (Å²) >= 11 is 1.46. The number of anilines is 1. The first-order valence-electron chi connectivity index (χ1n) is 8.48. The fourth-order valence-electron chi connectivity index (χ4n) is 2.61. The third-order valence-electron chi connectivity index (χ3n) is 4.13. The van der Waals surface area contributed by atoms with Gasteiger partial charge in [-0.3, -0.25) is 4.79 Å². The number of para-hydroxylation sites is 1. The van der Waals surface area contributed by atoms with E-state index < -0.39 is 0 Å². The van der Waals surface area contributed by atoms with Gasteiger partial charge in [0.05, 0.1) is 18.1 Å². The molecule has 136 valence electrons.